The Bertz CT molecular complexity index is 854. The second-order valence-corrected chi connectivity index (χ2v) is 6.88. The quantitative estimate of drug-likeness (QED) is 0.635. The standard InChI is InChI=1S/C21H23ClN2O/c1-15(16-10-12-18(22)13-11-16)24(2)21(25)9-5-6-17-14-23-20-8-4-3-7-19(17)20/h3-4,7-8,10-15,23H,5-6,9H2,1-2H3. The maximum absolute atomic E-state index is 12.5. The van der Waals surface area contributed by atoms with Gasteiger partial charge in [0.05, 0.1) is 6.04 Å². The first-order valence-electron chi connectivity index (χ1n) is 8.62. The van der Waals surface area contributed by atoms with Gasteiger partial charge in [-0.2, -0.15) is 0 Å². The zero-order valence-electron chi connectivity index (χ0n) is 14.6. The maximum Gasteiger partial charge on any atom is 0.222 e. The molecule has 3 rings (SSSR count). The molecule has 0 aliphatic heterocycles. The monoisotopic (exact) mass is 354 g/mol. The summed E-state index contributed by atoms with van der Waals surface area (Å²) in [4.78, 5) is 17.6. The van der Waals surface area contributed by atoms with E-state index in [1.165, 1.54) is 10.9 Å². The van der Waals surface area contributed by atoms with Crippen molar-refractivity contribution in [1.29, 1.82) is 0 Å². The van der Waals surface area contributed by atoms with Crippen LogP contribution < -0.4 is 0 Å². The SMILES string of the molecule is CC(c1ccc(Cl)cc1)N(C)C(=O)CCCc1c[nH]c2ccccc12. The number of aryl methyl sites for hydroxylation is 1. The van der Waals surface area contributed by atoms with Gasteiger partial charge in [-0.25, -0.2) is 0 Å². The van der Waals surface area contributed by atoms with E-state index in [-0.39, 0.29) is 11.9 Å². The lowest BCUT2D eigenvalue weighted by Crippen LogP contribution is -2.29. The molecule has 1 N–H and O–H groups in total. The molecule has 1 aromatic heterocycles. The Balaban J connectivity index is 1.55. The van der Waals surface area contributed by atoms with Crippen LogP contribution in [0.1, 0.15) is 36.9 Å². The number of halogens is 1. The predicted octanol–water partition coefficient (Wildman–Crippen LogP) is 5.36. The van der Waals surface area contributed by atoms with Crippen molar-refractivity contribution in [2.24, 2.45) is 0 Å². The number of H-pyrrole nitrogens is 1. The summed E-state index contributed by atoms with van der Waals surface area (Å²) in [6.07, 6.45) is 4.35. The lowest BCUT2D eigenvalue weighted by Gasteiger charge is -2.25. The van der Waals surface area contributed by atoms with E-state index >= 15 is 0 Å². The Kier molecular flexibility index (Phi) is 5.44. The van der Waals surface area contributed by atoms with Crippen LogP contribution in [0.2, 0.25) is 5.02 Å². The van der Waals surface area contributed by atoms with E-state index in [2.05, 4.69) is 23.3 Å². The number of aromatic nitrogens is 1. The molecule has 4 heteroatoms. The highest BCUT2D eigenvalue weighted by Crippen LogP contribution is 2.23. The van der Waals surface area contributed by atoms with Gasteiger partial charge in [0, 0.05) is 35.6 Å². The van der Waals surface area contributed by atoms with E-state index in [0.29, 0.717) is 11.4 Å². The molecular formula is C21H23ClN2O. The summed E-state index contributed by atoms with van der Waals surface area (Å²) in [6.45, 7) is 2.04. The van der Waals surface area contributed by atoms with Gasteiger partial charge in [-0.05, 0) is 49.1 Å². The van der Waals surface area contributed by atoms with Crippen molar-refractivity contribution in [2.75, 3.05) is 7.05 Å². The van der Waals surface area contributed by atoms with E-state index in [4.69, 9.17) is 11.6 Å². The number of hydrogen-bond acceptors (Lipinski definition) is 1. The zero-order chi connectivity index (χ0) is 17.8. The van der Waals surface area contributed by atoms with Gasteiger partial charge < -0.3 is 9.88 Å². The van der Waals surface area contributed by atoms with E-state index in [1.807, 2.05) is 55.3 Å². The molecule has 1 heterocycles. The average Bonchev–Trinajstić information content (AvgIpc) is 3.04. The second kappa shape index (κ2) is 7.75. The fraction of sp³-hybridized carbons (Fsp3) is 0.286. The Hall–Kier alpha value is -2.26. The molecule has 0 saturated heterocycles. The normalized spacial score (nSPS) is 12.3. The third kappa shape index (κ3) is 4.05. The summed E-state index contributed by atoms with van der Waals surface area (Å²) in [6, 6.07) is 16.0. The van der Waals surface area contributed by atoms with Gasteiger partial charge in [0.2, 0.25) is 5.91 Å². The van der Waals surface area contributed by atoms with Crippen LogP contribution in [-0.4, -0.2) is 22.8 Å². The van der Waals surface area contributed by atoms with Gasteiger partial charge in [-0.3, -0.25) is 4.79 Å². The van der Waals surface area contributed by atoms with Crippen LogP contribution in [0.25, 0.3) is 10.9 Å². The molecule has 1 atom stereocenters. The molecule has 1 unspecified atom stereocenters. The van der Waals surface area contributed by atoms with E-state index < -0.39 is 0 Å². The molecular weight excluding hydrogens is 332 g/mol. The highest BCUT2D eigenvalue weighted by atomic mass is 35.5. The van der Waals surface area contributed by atoms with Crippen molar-refractivity contribution in [3.05, 3.63) is 70.9 Å². The van der Waals surface area contributed by atoms with Crippen LogP contribution in [0, 0.1) is 0 Å². The minimum atomic E-state index is 0.0397. The maximum atomic E-state index is 12.5. The van der Waals surface area contributed by atoms with Crippen molar-refractivity contribution >= 4 is 28.4 Å². The van der Waals surface area contributed by atoms with Crippen molar-refractivity contribution in [3.63, 3.8) is 0 Å². The number of rotatable bonds is 6. The Morgan fingerprint density at radius 3 is 2.64 bits per heavy atom. The zero-order valence-corrected chi connectivity index (χ0v) is 15.4. The van der Waals surface area contributed by atoms with Crippen LogP contribution in [0.4, 0.5) is 0 Å². The molecule has 3 aromatic rings. The van der Waals surface area contributed by atoms with E-state index in [9.17, 15) is 4.79 Å². The summed E-state index contributed by atoms with van der Waals surface area (Å²) >= 11 is 5.93. The first-order valence-corrected chi connectivity index (χ1v) is 9.00. The summed E-state index contributed by atoms with van der Waals surface area (Å²) < 4.78 is 0. The molecule has 0 aliphatic carbocycles. The van der Waals surface area contributed by atoms with E-state index in [1.54, 1.807) is 0 Å². The lowest BCUT2D eigenvalue weighted by atomic mass is 10.0. The minimum Gasteiger partial charge on any atom is -0.361 e. The molecule has 0 bridgehead atoms. The summed E-state index contributed by atoms with van der Waals surface area (Å²) in [5.74, 6) is 0.169. The Labute approximate surface area is 153 Å². The fourth-order valence-corrected chi connectivity index (χ4v) is 3.25. The molecule has 0 saturated carbocycles. The van der Waals surface area contributed by atoms with Gasteiger partial charge in [0.25, 0.3) is 0 Å². The molecule has 2 aromatic carbocycles. The van der Waals surface area contributed by atoms with Gasteiger partial charge in [-0.1, -0.05) is 41.9 Å². The van der Waals surface area contributed by atoms with Crippen molar-refractivity contribution < 1.29 is 4.79 Å². The smallest absolute Gasteiger partial charge is 0.222 e. The number of amides is 1. The Morgan fingerprint density at radius 1 is 1.16 bits per heavy atom. The van der Waals surface area contributed by atoms with Crippen molar-refractivity contribution in [3.8, 4) is 0 Å². The number of hydrogen-bond donors (Lipinski definition) is 1. The van der Waals surface area contributed by atoms with Crippen molar-refractivity contribution in [1.82, 2.24) is 9.88 Å². The average molecular weight is 355 g/mol. The largest absolute Gasteiger partial charge is 0.361 e. The predicted molar refractivity (Wildman–Crippen MR) is 104 cm³/mol. The highest BCUT2D eigenvalue weighted by molar-refractivity contribution is 6.30. The first kappa shape index (κ1) is 17.6. The third-order valence-electron chi connectivity index (χ3n) is 4.84. The lowest BCUT2D eigenvalue weighted by molar-refractivity contribution is -0.131. The molecule has 25 heavy (non-hydrogen) atoms. The van der Waals surface area contributed by atoms with Crippen LogP contribution in [0.3, 0.4) is 0 Å². The summed E-state index contributed by atoms with van der Waals surface area (Å²) in [5.41, 5.74) is 3.52. The van der Waals surface area contributed by atoms with Crippen LogP contribution in [0.5, 0.6) is 0 Å². The summed E-state index contributed by atoms with van der Waals surface area (Å²) in [5, 5.41) is 1.96. The number of nitrogens with zero attached hydrogens (tertiary/aromatic N) is 1. The van der Waals surface area contributed by atoms with E-state index in [0.717, 1.165) is 23.9 Å². The number of carbonyl (C=O) groups is 1. The second-order valence-electron chi connectivity index (χ2n) is 6.45. The van der Waals surface area contributed by atoms with Gasteiger partial charge in [0.15, 0.2) is 0 Å². The molecule has 3 nitrogen and oxygen atoms in total. The highest BCUT2D eigenvalue weighted by Gasteiger charge is 2.17. The first-order chi connectivity index (χ1) is 12.1. The number of fused-ring (bicyclic) bond motifs is 1. The van der Waals surface area contributed by atoms with Crippen LogP contribution in [-0.2, 0) is 11.2 Å². The Morgan fingerprint density at radius 2 is 1.88 bits per heavy atom. The number of nitrogens with one attached hydrogen (secondary N) is 1. The number of para-hydroxylation sites is 1. The van der Waals surface area contributed by atoms with Crippen LogP contribution in [0.15, 0.2) is 54.7 Å². The number of carbonyl (C=O) groups excluding carboxylic acids is 1. The molecule has 0 fully saturated rings. The minimum absolute atomic E-state index is 0.0397. The molecule has 0 aliphatic rings. The fourth-order valence-electron chi connectivity index (χ4n) is 3.13. The topological polar surface area (TPSA) is 36.1 Å². The number of benzene rings is 2. The molecule has 1 amide bonds. The number of aromatic amines is 1. The van der Waals surface area contributed by atoms with Crippen LogP contribution >= 0.6 is 11.6 Å². The van der Waals surface area contributed by atoms with Crippen molar-refractivity contribution in [2.45, 2.75) is 32.2 Å². The third-order valence-corrected chi connectivity index (χ3v) is 5.09. The van der Waals surface area contributed by atoms with Gasteiger partial charge in [-0.15, -0.1) is 0 Å². The van der Waals surface area contributed by atoms with Gasteiger partial charge >= 0.3 is 0 Å². The molecule has 0 spiro atoms. The van der Waals surface area contributed by atoms with Gasteiger partial charge in [0.1, 0.15) is 0 Å². The summed E-state index contributed by atoms with van der Waals surface area (Å²) in [7, 11) is 1.87. The molecule has 130 valence electrons. The molecule has 0 radical (unpaired) electrons.